The van der Waals surface area contributed by atoms with Crippen LogP contribution in [0.4, 0.5) is 0 Å². The number of carboxylic acids is 1. The third-order valence-corrected chi connectivity index (χ3v) is 4.50. The molecule has 0 spiro atoms. The molecule has 1 heterocycles. The molecule has 24 heavy (non-hydrogen) atoms. The number of carbonyl (C=O) groups is 2. The van der Waals surface area contributed by atoms with E-state index in [1.165, 1.54) is 0 Å². The van der Waals surface area contributed by atoms with E-state index in [-0.39, 0.29) is 17.9 Å². The van der Waals surface area contributed by atoms with Gasteiger partial charge in [-0.25, -0.2) is 4.68 Å². The summed E-state index contributed by atoms with van der Waals surface area (Å²) in [6, 6.07) is 9.20. The van der Waals surface area contributed by atoms with Gasteiger partial charge in [0.2, 0.25) is 0 Å². The number of nitrogens with zero attached hydrogens (tertiary/aromatic N) is 2. The smallest absolute Gasteiger partial charge is 0.306 e. The zero-order chi connectivity index (χ0) is 17.3. The van der Waals surface area contributed by atoms with Gasteiger partial charge in [0, 0.05) is 17.3 Å². The number of amides is 1. The first-order valence-corrected chi connectivity index (χ1v) is 8.11. The molecule has 2 aromatic rings. The first kappa shape index (κ1) is 16.2. The highest BCUT2D eigenvalue weighted by Crippen LogP contribution is 2.26. The van der Waals surface area contributed by atoms with Crippen molar-refractivity contribution in [3.8, 4) is 5.69 Å². The summed E-state index contributed by atoms with van der Waals surface area (Å²) in [6.45, 7) is 3.93. The lowest BCUT2D eigenvalue weighted by Crippen LogP contribution is -2.33. The van der Waals surface area contributed by atoms with Crippen molar-refractivity contribution in [3.05, 3.63) is 47.3 Å². The molecule has 0 bridgehead atoms. The molecule has 2 atom stereocenters. The summed E-state index contributed by atoms with van der Waals surface area (Å²) in [6.07, 6.45) is 1.84. The van der Waals surface area contributed by atoms with E-state index in [4.69, 9.17) is 5.11 Å². The highest BCUT2D eigenvalue weighted by Gasteiger charge is 2.30. The van der Waals surface area contributed by atoms with E-state index < -0.39 is 5.97 Å². The van der Waals surface area contributed by atoms with Crippen molar-refractivity contribution >= 4 is 11.9 Å². The van der Waals surface area contributed by atoms with Crippen LogP contribution in [0, 0.1) is 19.8 Å². The number of aromatic nitrogens is 2. The maximum atomic E-state index is 12.3. The van der Waals surface area contributed by atoms with Gasteiger partial charge in [0.15, 0.2) is 0 Å². The van der Waals surface area contributed by atoms with Crippen molar-refractivity contribution in [1.29, 1.82) is 0 Å². The number of hydrogen-bond donors (Lipinski definition) is 2. The van der Waals surface area contributed by atoms with Crippen molar-refractivity contribution in [1.82, 2.24) is 15.1 Å². The van der Waals surface area contributed by atoms with E-state index >= 15 is 0 Å². The fraction of sp³-hybridized carbons (Fsp3) is 0.389. The lowest BCUT2D eigenvalue weighted by Gasteiger charge is -2.13. The van der Waals surface area contributed by atoms with Gasteiger partial charge in [-0.2, -0.15) is 5.10 Å². The quantitative estimate of drug-likeness (QED) is 0.903. The topological polar surface area (TPSA) is 84.2 Å². The summed E-state index contributed by atoms with van der Waals surface area (Å²) in [4.78, 5) is 23.3. The molecule has 0 unspecified atom stereocenters. The van der Waals surface area contributed by atoms with E-state index in [9.17, 15) is 9.59 Å². The molecule has 1 aromatic heterocycles. The number of benzene rings is 1. The molecule has 3 rings (SSSR count). The Morgan fingerprint density at radius 1 is 1.21 bits per heavy atom. The van der Waals surface area contributed by atoms with Crippen molar-refractivity contribution in [2.75, 3.05) is 0 Å². The van der Waals surface area contributed by atoms with Crippen molar-refractivity contribution in [2.45, 2.75) is 39.2 Å². The molecule has 2 N–H and O–H groups in total. The van der Waals surface area contributed by atoms with E-state index in [1.807, 2.05) is 36.7 Å². The third kappa shape index (κ3) is 3.32. The van der Waals surface area contributed by atoms with Crippen molar-refractivity contribution in [2.24, 2.45) is 5.92 Å². The van der Waals surface area contributed by atoms with Gasteiger partial charge in [0.25, 0.3) is 5.91 Å². The Morgan fingerprint density at radius 2 is 1.92 bits per heavy atom. The summed E-state index contributed by atoms with van der Waals surface area (Å²) < 4.78 is 1.84. The van der Waals surface area contributed by atoms with E-state index in [0.717, 1.165) is 17.1 Å². The maximum Gasteiger partial charge on any atom is 0.306 e. The highest BCUT2D eigenvalue weighted by atomic mass is 16.4. The summed E-state index contributed by atoms with van der Waals surface area (Å²) >= 11 is 0. The zero-order valence-corrected chi connectivity index (χ0v) is 13.8. The lowest BCUT2D eigenvalue weighted by atomic mass is 10.1. The van der Waals surface area contributed by atoms with Gasteiger partial charge in [-0.15, -0.1) is 0 Å². The molecule has 1 fully saturated rings. The van der Waals surface area contributed by atoms with Crippen LogP contribution in [0.1, 0.15) is 41.0 Å². The Hall–Kier alpha value is -2.63. The van der Waals surface area contributed by atoms with Crippen LogP contribution in [0.2, 0.25) is 0 Å². The van der Waals surface area contributed by atoms with E-state index in [0.29, 0.717) is 24.8 Å². The lowest BCUT2D eigenvalue weighted by molar-refractivity contribution is -0.141. The predicted molar refractivity (Wildman–Crippen MR) is 89.3 cm³/mol. The Kier molecular flexibility index (Phi) is 4.38. The Bertz CT molecular complexity index is 764. The number of aryl methyl sites for hydroxylation is 2. The largest absolute Gasteiger partial charge is 0.481 e. The number of carboxylic acid groups (broad SMARTS) is 1. The van der Waals surface area contributed by atoms with Crippen LogP contribution < -0.4 is 5.32 Å². The molecule has 1 aliphatic rings. The summed E-state index contributed by atoms with van der Waals surface area (Å²) in [5.74, 6) is -1.28. The van der Waals surface area contributed by atoms with Crippen LogP contribution in [0.25, 0.3) is 5.69 Å². The number of carbonyl (C=O) groups excluding carboxylic acids is 1. The fourth-order valence-corrected chi connectivity index (χ4v) is 3.25. The van der Waals surface area contributed by atoms with Gasteiger partial charge in [-0.1, -0.05) is 0 Å². The average molecular weight is 327 g/mol. The van der Waals surface area contributed by atoms with Crippen molar-refractivity contribution < 1.29 is 14.7 Å². The van der Waals surface area contributed by atoms with Crippen LogP contribution in [0.5, 0.6) is 0 Å². The number of hydrogen-bond acceptors (Lipinski definition) is 3. The van der Waals surface area contributed by atoms with Crippen LogP contribution in [-0.2, 0) is 4.79 Å². The van der Waals surface area contributed by atoms with E-state index in [2.05, 4.69) is 10.4 Å². The molecule has 6 nitrogen and oxygen atoms in total. The summed E-state index contributed by atoms with van der Waals surface area (Å²) in [5.41, 5.74) is 3.46. The van der Waals surface area contributed by atoms with Gasteiger partial charge in [-0.05, 0) is 63.4 Å². The van der Waals surface area contributed by atoms with Crippen LogP contribution in [0.3, 0.4) is 0 Å². The van der Waals surface area contributed by atoms with Gasteiger partial charge < -0.3 is 10.4 Å². The molecule has 6 heteroatoms. The molecule has 1 saturated carbocycles. The highest BCUT2D eigenvalue weighted by molar-refractivity contribution is 5.94. The standard InChI is InChI=1S/C18H21N3O3/c1-11-9-12(2)21(20-11)16-7-4-13(5-8-16)17(22)19-15-6-3-14(10-15)18(23)24/h4-5,7-9,14-15H,3,6,10H2,1-2H3,(H,19,22)(H,23,24)/t14-,15-/m1/s1. The summed E-state index contributed by atoms with van der Waals surface area (Å²) in [7, 11) is 0. The first-order valence-electron chi connectivity index (χ1n) is 8.11. The minimum absolute atomic E-state index is 0.0608. The Balaban J connectivity index is 1.66. The average Bonchev–Trinajstić information content (AvgIpc) is 3.14. The van der Waals surface area contributed by atoms with Gasteiger partial charge >= 0.3 is 5.97 Å². The second-order valence-corrected chi connectivity index (χ2v) is 6.40. The molecule has 1 aromatic carbocycles. The molecular formula is C18H21N3O3. The van der Waals surface area contributed by atoms with Crippen LogP contribution in [0.15, 0.2) is 30.3 Å². The minimum atomic E-state index is -0.777. The number of nitrogens with one attached hydrogen (secondary N) is 1. The third-order valence-electron chi connectivity index (χ3n) is 4.50. The van der Waals surface area contributed by atoms with Crippen LogP contribution >= 0.6 is 0 Å². The molecule has 0 radical (unpaired) electrons. The molecule has 0 saturated heterocycles. The first-order chi connectivity index (χ1) is 11.4. The number of aliphatic carboxylic acids is 1. The molecule has 1 aliphatic carbocycles. The molecular weight excluding hydrogens is 306 g/mol. The fourth-order valence-electron chi connectivity index (χ4n) is 3.25. The normalized spacial score (nSPS) is 20.1. The second-order valence-electron chi connectivity index (χ2n) is 6.40. The minimum Gasteiger partial charge on any atom is -0.481 e. The van der Waals surface area contributed by atoms with E-state index in [1.54, 1.807) is 12.1 Å². The van der Waals surface area contributed by atoms with Crippen LogP contribution in [-0.4, -0.2) is 32.8 Å². The van der Waals surface area contributed by atoms with Gasteiger partial charge in [0.05, 0.1) is 17.3 Å². The SMILES string of the molecule is Cc1cc(C)n(-c2ccc(C(=O)N[C@@H]3CC[C@@H](C(=O)O)C3)cc2)n1. The Labute approximate surface area is 140 Å². The van der Waals surface area contributed by atoms with Gasteiger partial charge in [0.1, 0.15) is 0 Å². The molecule has 126 valence electrons. The Morgan fingerprint density at radius 3 is 2.46 bits per heavy atom. The number of rotatable bonds is 4. The monoisotopic (exact) mass is 327 g/mol. The second kappa shape index (κ2) is 6.47. The molecule has 1 amide bonds. The van der Waals surface area contributed by atoms with Crippen molar-refractivity contribution in [3.63, 3.8) is 0 Å². The molecule has 0 aliphatic heterocycles. The maximum absolute atomic E-state index is 12.3. The summed E-state index contributed by atoms with van der Waals surface area (Å²) in [5, 5.41) is 16.4. The predicted octanol–water partition coefficient (Wildman–Crippen LogP) is 2.47. The van der Waals surface area contributed by atoms with Gasteiger partial charge in [-0.3, -0.25) is 9.59 Å². The zero-order valence-electron chi connectivity index (χ0n) is 13.8.